The second-order valence-electron chi connectivity index (χ2n) is 2.65. The molecule has 1 rings (SSSR count). The summed E-state index contributed by atoms with van der Waals surface area (Å²) in [5, 5.41) is 0. The van der Waals surface area contributed by atoms with E-state index in [1.54, 1.807) is 6.20 Å². The van der Waals surface area contributed by atoms with Gasteiger partial charge in [-0.3, -0.25) is 4.98 Å². The Morgan fingerprint density at radius 1 is 1.62 bits per heavy atom. The molecule has 3 nitrogen and oxygen atoms in total. The topological polar surface area (TPSA) is 37.6 Å². The maximum Gasteiger partial charge on any atom is 0.128 e. The Kier molecular flexibility index (Phi) is 3.31. The number of amidine groups is 1. The van der Waals surface area contributed by atoms with E-state index in [-0.39, 0.29) is 0 Å². The third kappa shape index (κ3) is 2.47. The Bertz CT molecular complexity index is 329. The molecule has 1 aromatic rings. The van der Waals surface area contributed by atoms with Crippen molar-refractivity contribution in [2.24, 2.45) is 9.98 Å². The standard InChI is InChI=1S/C10H13N3/c1-4-10(11-3)13-9-6-5-7-12-8(9)2/h5-7H,3-4H2,1-2H3. The van der Waals surface area contributed by atoms with Gasteiger partial charge >= 0.3 is 0 Å². The van der Waals surface area contributed by atoms with Crippen LogP contribution in [0.3, 0.4) is 0 Å². The molecule has 1 heterocycles. The van der Waals surface area contributed by atoms with E-state index in [9.17, 15) is 0 Å². The van der Waals surface area contributed by atoms with Crippen LogP contribution in [-0.2, 0) is 0 Å². The first-order valence-electron chi connectivity index (χ1n) is 4.23. The quantitative estimate of drug-likeness (QED) is 0.502. The van der Waals surface area contributed by atoms with Gasteiger partial charge in [-0.15, -0.1) is 0 Å². The van der Waals surface area contributed by atoms with Gasteiger partial charge in [0.1, 0.15) is 5.84 Å². The van der Waals surface area contributed by atoms with Gasteiger partial charge in [0.15, 0.2) is 0 Å². The smallest absolute Gasteiger partial charge is 0.128 e. The van der Waals surface area contributed by atoms with E-state index in [0.717, 1.165) is 23.6 Å². The second kappa shape index (κ2) is 4.50. The number of pyridine rings is 1. The van der Waals surface area contributed by atoms with Crippen LogP contribution in [0, 0.1) is 6.92 Å². The molecule has 0 unspecified atom stereocenters. The highest BCUT2D eigenvalue weighted by Gasteiger charge is 1.96. The summed E-state index contributed by atoms with van der Waals surface area (Å²) in [7, 11) is 0. The predicted octanol–water partition coefficient (Wildman–Crippen LogP) is 2.53. The molecule has 0 saturated carbocycles. The molecule has 0 bridgehead atoms. The van der Waals surface area contributed by atoms with Gasteiger partial charge in [-0.25, -0.2) is 9.98 Å². The van der Waals surface area contributed by atoms with E-state index < -0.39 is 0 Å². The van der Waals surface area contributed by atoms with E-state index in [4.69, 9.17) is 0 Å². The van der Waals surface area contributed by atoms with Gasteiger partial charge < -0.3 is 0 Å². The van der Waals surface area contributed by atoms with Crippen LogP contribution in [0.4, 0.5) is 5.69 Å². The van der Waals surface area contributed by atoms with Crippen molar-refractivity contribution in [3.8, 4) is 0 Å². The van der Waals surface area contributed by atoms with Crippen molar-refractivity contribution in [2.45, 2.75) is 20.3 Å². The molecule has 68 valence electrons. The fraction of sp³-hybridized carbons (Fsp3) is 0.300. The Balaban J connectivity index is 3.02. The number of hydrogen-bond acceptors (Lipinski definition) is 2. The lowest BCUT2D eigenvalue weighted by molar-refractivity contribution is 1.17. The van der Waals surface area contributed by atoms with Gasteiger partial charge in [0.2, 0.25) is 0 Å². The molecular weight excluding hydrogens is 162 g/mol. The molecule has 0 aliphatic carbocycles. The first-order chi connectivity index (χ1) is 6.27. The van der Waals surface area contributed by atoms with Gasteiger partial charge in [0.05, 0.1) is 11.4 Å². The number of aryl methyl sites for hydroxylation is 1. The second-order valence-corrected chi connectivity index (χ2v) is 2.65. The minimum absolute atomic E-state index is 0.746. The van der Waals surface area contributed by atoms with Crippen LogP contribution in [0.25, 0.3) is 0 Å². The lowest BCUT2D eigenvalue weighted by Gasteiger charge is -1.99. The number of nitrogens with zero attached hydrogens (tertiary/aromatic N) is 3. The summed E-state index contributed by atoms with van der Waals surface area (Å²) < 4.78 is 0. The Labute approximate surface area is 78.3 Å². The molecule has 3 heteroatoms. The van der Waals surface area contributed by atoms with Crippen LogP contribution in [0.15, 0.2) is 28.3 Å². The fourth-order valence-electron chi connectivity index (χ4n) is 0.959. The first kappa shape index (κ1) is 9.58. The molecule has 0 N–H and O–H groups in total. The summed E-state index contributed by atoms with van der Waals surface area (Å²) in [6, 6.07) is 3.78. The number of aromatic nitrogens is 1. The highest BCUT2D eigenvalue weighted by atomic mass is 14.9. The van der Waals surface area contributed by atoms with Gasteiger partial charge in [-0.05, 0) is 25.8 Å². The number of rotatable bonds is 2. The van der Waals surface area contributed by atoms with E-state index in [1.165, 1.54) is 0 Å². The lowest BCUT2D eigenvalue weighted by atomic mass is 10.3. The van der Waals surface area contributed by atoms with Gasteiger partial charge in [-0.2, -0.15) is 0 Å². The molecule has 0 aliphatic heterocycles. The average molecular weight is 175 g/mol. The van der Waals surface area contributed by atoms with Crippen LogP contribution >= 0.6 is 0 Å². The van der Waals surface area contributed by atoms with Crippen molar-refractivity contribution in [2.75, 3.05) is 0 Å². The highest BCUT2D eigenvalue weighted by molar-refractivity contribution is 5.88. The average Bonchev–Trinajstić information content (AvgIpc) is 2.17. The van der Waals surface area contributed by atoms with Crippen molar-refractivity contribution >= 4 is 18.2 Å². The zero-order valence-electron chi connectivity index (χ0n) is 7.99. The minimum Gasteiger partial charge on any atom is -0.259 e. The minimum atomic E-state index is 0.746. The van der Waals surface area contributed by atoms with Crippen molar-refractivity contribution in [3.63, 3.8) is 0 Å². The van der Waals surface area contributed by atoms with Gasteiger partial charge in [0.25, 0.3) is 0 Å². The van der Waals surface area contributed by atoms with Crippen molar-refractivity contribution in [1.82, 2.24) is 4.98 Å². The fourth-order valence-corrected chi connectivity index (χ4v) is 0.959. The Morgan fingerprint density at radius 2 is 2.38 bits per heavy atom. The van der Waals surface area contributed by atoms with Crippen LogP contribution in [-0.4, -0.2) is 17.5 Å². The predicted molar refractivity (Wildman–Crippen MR) is 55.9 cm³/mol. The zero-order chi connectivity index (χ0) is 9.68. The van der Waals surface area contributed by atoms with Crippen molar-refractivity contribution in [3.05, 3.63) is 24.0 Å². The van der Waals surface area contributed by atoms with Crippen molar-refractivity contribution < 1.29 is 0 Å². The van der Waals surface area contributed by atoms with Crippen LogP contribution in [0.2, 0.25) is 0 Å². The lowest BCUT2D eigenvalue weighted by Crippen LogP contribution is -1.90. The Morgan fingerprint density at radius 3 is 2.92 bits per heavy atom. The zero-order valence-corrected chi connectivity index (χ0v) is 7.99. The van der Waals surface area contributed by atoms with Crippen LogP contribution < -0.4 is 0 Å². The normalized spacial score (nSPS) is 11.4. The molecule has 1 aromatic heterocycles. The molecular formula is C10H13N3. The maximum atomic E-state index is 4.32. The molecule has 0 radical (unpaired) electrons. The first-order valence-corrected chi connectivity index (χ1v) is 4.23. The largest absolute Gasteiger partial charge is 0.259 e. The monoisotopic (exact) mass is 175 g/mol. The number of hydrogen-bond donors (Lipinski definition) is 0. The van der Waals surface area contributed by atoms with E-state index >= 15 is 0 Å². The van der Waals surface area contributed by atoms with E-state index in [0.29, 0.717) is 0 Å². The Hall–Kier alpha value is -1.51. The molecule has 0 fully saturated rings. The summed E-state index contributed by atoms with van der Waals surface area (Å²) >= 11 is 0. The SMILES string of the molecule is C=NC(CC)=Nc1cccnc1C. The summed E-state index contributed by atoms with van der Waals surface area (Å²) in [5.74, 6) is 0.746. The number of aliphatic imine (C=N–C) groups is 2. The maximum absolute atomic E-state index is 4.32. The highest BCUT2D eigenvalue weighted by Crippen LogP contribution is 2.15. The molecule has 0 spiro atoms. The van der Waals surface area contributed by atoms with Gasteiger partial charge in [-0.1, -0.05) is 6.92 Å². The summed E-state index contributed by atoms with van der Waals surface area (Å²) in [6.45, 7) is 7.38. The third-order valence-electron chi connectivity index (χ3n) is 1.73. The molecule has 0 aromatic carbocycles. The summed E-state index contributed by atoms with van der Waals surface area (Å²) in [5.41, 5.74) is 1.78. The molecule has 0 atom stereocenters. The van der Waals surface area contributed by atoms with E-state index in [1.807, 2.05) is 26.0 Å². The summed E-state index contributed by atoms with van der Waals surface area (Å²) in [4.78, 5) is 12.3. The third-order valence-corrected chi connectivity index (χ3v) is 1.73. The molecule has 13 heavy (non-hydrogen) atoms. The van der Waals surface area contributed by atoms with Crippen LogP contribution in [0.5, 0.6) is 0 Å². The van der Waals surface area contributed by atoms with Gasteiger partial charge in [0, 0.05) is 12.6 Å². The molecule has 0 saturated heterocycles. The molecule has 0 aliphatic rings. The summed E-state index contributed by atoms with van der Waals surface area (Å²) in [6.07, 6.45) is 2.54. The van der Waals surface area contributed by atoms with Crippen LogP contribution in [0.1, 0.15) is 19.0 Å². The van der Waals surface area contributed by atoms with E-state index in [2.05, 4.69) is 21.7 Å². The molecule has 0 amide bonds. The van der Waals surface area contributed by atoms with Crippen molar-refractivity contribution in [1.29, 1.82) is 0 Å².